The number of halogens is 1. The number of hydrogen-bond acceptors (Lipinski definition) is 3. The fourth-order valence-corrected chi connectivity index (χ4v) is 2.30. The largest absolute Gasteiger partial charge is 0.464 e. The van der Waals surface area contributed by atoms with Crippen molar-refractivity contribution in [3.8, 4) is 0 Å². The molecule has 0 unspecified atom stereocenters. The van der Waals surface area contributed by atoms with Crippen molar-refractivity contribution in [1.29, 1.82) is 0 Å². The van der Waals surface area contributed by atoms with Crippen molar-refractivity contribution < 1.29 is 14.3 Å². The molecule has 0 radical (unpaired) electrons. The van der Waals surface area contributed by atoms with Crippen molar-refractivity contribution in [2.75, 3.05) is 18.5 Å². The van der Waals surface area contributed by atoms with Gasteiger partial charge >= 0.3 is 0 Å². The van der Waals surface area contributed by atoms with Crippen molar-refractivity contribution >= 4 is 15.9 Å². The summed E-state index contributed by atoms with van der Waals surface area (Å²) in [5, 5.41) is 9.99. The van der Waals surface area contributed by atoms with Crippen LogP contribution in [-0.4, -0.2) is 23.7 Å². The molecular formula is C15H25BrO3. The molecule has 4 heteroatoms. The summed E-state index contributed by atoms with van der Waals surface area (Å²) in [5.74, 6) is 1.61. The third kappa shape index (κ3) is 8.45. The second kappa shape index (κ2) is 11.5. The van der Waals surface area contributed by atoms with E-state index in [1.807, 2.05) is 12.1 Å². The van der Waals surface area contributed by atoms with Crippen LogP contribution in [0.5, 0.6) is 0 Å². The van der Waals surface area contributed by atoms with Gasteiger partial charge in [-0.15, -0.1) is 0 Å². The maximum atomic E-state index is 8.88. The lowest BCUT2D eigenvalue weighted by atomic mass is 10.2. The summed E-state index contributed by atoms with van der Waals surface area (Å²) in [6, 6.07) is 3.77. The first-order valence-electron chi connectivity index (χ1n) is 7.19. The van der Waals surface area contributed by atoms with Crippen molar-refractivity contribution in [2.45, 2.75) is 51.6 Å². The maximum Gasteiger partial charge on any atom is 0.129 e. The number of furan rings is 1. The van der Waals surface area contributed by atoms with E-state index >= 15 is 0 Å². The quantitative estimate of drug-likeness (QED) is 0.463. The second-order valence-electron chi connectivity index (χ2n) is 4.70. The number of aliphatic hydroxyl groups is 1. The highest BCUT2D eigenvalue weighted by atomic mass is 79.9. The molecule has 0 aromatic carbocycles. The minimum atomic E-state index is -0.0157. The molecule has 0 saturated carbocycles. The number of hydrogen-bond donors (Lipinski definition) is 1. The predicted octanol–water partition coefficient (Wildman–Crippen LogP) is 4.07. The van der Waals surface area contributed by atoms with Crippen LogP contribution in [-0.2, 0) is 17.8 Å². The Balaban J connectivity index is 1.86. The molecule has 1 aromatic heterocycles. The lowest BCUT2D eigenvalue weighted by Gasteiger charge is -2.03. The molecule has 3 nitrogen and oxygen atoms in total. The molecule has 1 rings (SSSR count). The molecule has 1 N–H and O–H groups in total. The number of aliphatic hydroxyl groups excluding tert-OH is 1. The summed E-state index contributed by atoms with van der Waals surface area (Å²) in [7, 11) is 0. The maximum absolute atomic E-state index is 8.88. The van der Waals surface area contributed by atoms with E-state index in [1.54, 1.807) is 0 Å². The second-order valence-corrected chi connectivity index (χ2v) is 5.49. The predicted molar refractivity (Wildman–Crippen MR) is 80.6 cm³/mol. The number of aryl methyl sites for hydroxylation is 1. The molecule has 0 atom stereocenters. The fourth-order valence-electron chi connectivity index (χ4n) is 1.90. The van der Waals surface area contributed by atoms with Crippen LogP contribution < -0.4 is 0 Å². The Morgan fingerprint density at radius 3 is 2.32 bits per heavy atom. The fraction of sp³-hybridized carbons (Fsp3) is 0.733. The summed E-state index contributed by atoms with van der Waals surface area (Å²) >= 11 is 3.43. The van der Waals surface area contributed by atoms with Gasteiger partial charge in [0.2, 0.25) is 0 Å². The lowest BCUT2D eigenvalue weighted by Crippen LogP contribution is -1.98. The third-order valence-electron chi connectivity index (χ3n) is 3.01. The summed E-state index contributed by atoms with van der Waals surface area (Å²) in [6.45, 7) is 1.71. The number of ether oxygens (including phenoxy) is 1. The van der Waals surface area contributed by atoms with E-state index in [9.17, 15) is 0 Å². The highest BCUT2D eigenvalue weighted by molar-refractivity contribution is 9.09. The van der Waals surface area contributed by atoms with Gasteiger partial charge in [-0.25, -0.2) is 0 Å². The average molecular weight is 333 g/mol. The van der Waals surface area contributed by atoms with E-state index in [0.717, 1.165) is 43.6 Å². The van der Waals surface area contributed by atoms with Crippen molar-refractivity contribution in [1.82, 2.24) is 0 Å². The molecule has 0 aliphatic rings. The van der Waals surface area contributed by atoms with Gasteiger partial charge in [0.15, 0.2) is 0 Å². The van der Waals surface area contributed by atoms with Crippen molar-refractivity contribution in [3.63, 3.8) is 0 Å². The van der Waals surface area contributed by atoms with Gasteiger partial charge in [-0.2, -0.15) is 0 Å². The molecule has 0 fully saturated rings. The third-order valence-corrected chi connectivity index (χ3v) is 3.57. The van der Waals surface area contributed by atoms with Crippen LogP contribution in [0.25, 0.3) is 0 Å². The van der Waals surface area contributed by atoms with Crippen LogP contribution in [0.1, 0.15) is 50.0 Å². The Morgan fingerprint density at radius 1 is 0.947 bits per heavy atom. The van der Waals surface area contributed by atoms with Gasteiger partial charge in [-0.05, 0) is 37.8 Å². The molecule has 0 aliphatic heterocycles. The van der Waals surface area contributed by atoms with Crippen LogP contribution in [0.3, 0.4) is 0 Å². The SMILES string of the molecule is OCc1ccc(CCCCOCCCCCCBr)o1. The molecule has 0 bridgehead atoms. The molecule has 0 saturated heterocycles. The first kappa shape index (κ1) is 16.7. The molecule has 1 aromatic rings. The Morgan fingerprint density at radius 2 is 1.63 bits per heavy atom. The molecule has 0 spiro atoms. The summed E-state index contributed by atoms with van der Waals surface area (Å²) in [4.78, 5) is 0. The van der Waals surface area contributed by atoms with Crippen LogP contribution in [0.15, 0.2) is 16.5 Å². The van der Waals surface area contributed by atoms with Crippen LogP contribution in [0.2, 0.25) is 0 Å². The number of unbranched alkanes of at least 4 members (excludes halogenated alkanes) is 4. The van der Waals surface area contributed by atoms with E-state index in [0.29, 0.717) is 5.76 Å². The van der Waals surface area contributed by atoms with E-state index in [2.05, 4.69) is 15.9 Å². The van der Waals surface area contributed by atoms with Gasteiger partial charge in [0.05, 0.1) is 0 Å². The van der Waals surface area contributed by atoms with E-state index in [1.165, 1.54) is 25.7 Å². The van der Waals surface area contributed by atoms with Gasteiger partial charge < -0.3 is 14.3 Å². The Bertz CT molecular complexity index is 312. The topological polar surface area (TPSA) is 42.6 Å². The van der Waals surface area contributed by atoms with Gasteiger partial charge in [0.1, 0.15) is 18.1 Å². The molecular weight excluding hydrogens is 308 g/mol. The van der Waals surface area contributed by atoms with Gasteiger partial charge in [-0.3, -0.25) is 0 Å². The zero-order valence-corrected chi connectivity index (χ0v) is 13.2. The average Bonchev–Trinajstić information content (AvgIpc) is 2.89. The first-order valence-corrected chi connectivity index (χ1v) is 8.31. The Kier molecular flexibility index (Phi) is 10.1. The Hall–Kier alpha value is -0.320. The zero-order chi connectivity index (χ0) is 13.8. The van der Waals surface area contributed by atoms with E-state index in [-0.39, 0.29) is 6.61 Å². The summed E-state index contributed by atoms with van der Waals surface area (Å²) in [5.41, 5.74) is 0. The Labute approximate surface area is 124 Å². The zero-order valence-electron chi connectivity index (χ0n) is 11.6. The minimum absolute atomic E-state index is 0.0157. The van der Waals surface area contributed by atoms with Gasteiger partial charge in [-0.1, -0.05) is 28.8 Å². The summed E-state index contributed by atoms with van der Waals surface area (Å²) < 4.78 is 11.0. The van der Waals surface area contributed by atoms with Crippen LogP contribution >= 0.6 is 15.9 Å². The van der Waals surface area contributed by atoms with E-state index < -0.39 is 0 Å². The van der Waals surface area contributed by atoms with Crippen molar-refractivity contribution in [3.05, 3.63) is 23.7 Å². The van der Waals surface area contributed by atoms with E-state index in [4.69, 9.17) is 14.3 Å². The smallest absolute Gasteiger partial charge is 0.129 e. The highest BCUT2D eigenvalue weighted by Gasteiger charge is 2.00. The summed E-state index contributed by atoms with van der Waals surface area (Å²) in [6.07, 6.45) is 8.05. The normalized spacial score (nSPS) is 11.1. The molecule has 110 valence electrons. The lowest BCUT2D eigenvalue weighted by molar-refractivity contribution is 0.126. The monoisotopic (exact) mass is 332 g/mol. The molecule has 19 heavy (non-hydrogen) atoms. The standard InChI is InChI=1S/C15H25BrO3/c16-10-4-1-2-5-11-18-12-6-3-7-14-8-9-15(13-17)19-14/h8-9,17H,1-7,10-13H2. The number of rotatable bonds is 12. The highest BCUT2D eigenvalue weighted by Crippen LogP contribution is 2.11. The molecule has 0 amide bonds. The van der Waals surface area contributed by atoms with Crippen LogP contribution in [0.4, 0.5) is 0 Å². The minimum Gasteiger partial charge on any atom is -0.464 e. The van der Waals surface area contributed by atoms with Crippen LogP contribution in [0, 0.1) is 0 Å². The number of alkyl halides is 1. The van der Waals surface area contributed by atoms with Crippen molar-refractivity contribution in [2.24, 2.45) is 0 Å². The first-order chi connectivity index (χ1) is 9.36. The molecule has 1 heterocycles. The van der Waals surface area contributed by atoms with Gasteiger partial charge in [0, 0.05) is 25.0 Å². The molecule has 0 aliphatic carbocycles. The van der Waals surface area contributed by atoms with Gasteiger partial charge in [0.25, 0.3) is 0 Å².